The van der Waals surface area contributed by atoms with Crippen LogP contribution in [0.3, 0.4) is 0 Å². The van der Waals surface area contributed by atoms with E-state index in [4.69, 9.17) is 0 Å². The molecule has 0 bridgehead atoms. The van der Waals surface area contributed by atoms with Crippen molar-refractivity contribution in [3.8, 4) is 0 Å². The molecule has 0 aromatic rings. The fourth-order valence-corrected chi connectivity index (χ4v) is 5.57. The lowest BCUT2D eigenvalue weighted by atomic mass is 9.71. The predicted octanol–water partition coefficient (Wildman–Crippen LogP) is 5.61. The molecule has 1 fully saturated rings. The van der Waals surface area contributed by atoms with Crippen molar-refractivity contribution in [1.82, 2.24) is 4.31 Å². The first-order valence-electron chi connectivity index (χ1n) is 7.89. The third-order valence-corrected chi connectivity index (χ3v) is 5.72. The lowest BCUT2D eigenvalue weighted by Gasteiger charge is -2.43. The quantitative estimate of drug-likeness (QED) is 0.576. The van der Waals surface area contributed by atoms with Gasteiger partial charge in [0.05, 0.1) is 0 Å². The zero-order chi connectivity index (χ0) is 14.8. The summed E-state index contributed by atoms with van der Waals surface area (Å²) < 4.78 is 2.64. The second kappa shape index (κ2) is 6.39. The summed E-state index contributed by atoms with van der Waals surface area (Å²) in [5, 5.41) is 0. The topological polar surface area (TPSA) is 3.24 Å². The summed E-state index contributed by atoms with van der Waals surface area (Å²) in [4.78, 5) is 0. The molecule has 2 unspecified atom stereocenters. The maximum Gasteiger partial charge on any atom is 0.0182 e. The molecule has 0 radical (unpaired) electrons. The van der Waals surface area contributed by atoms with Gasteiger partial charge in [0, 0.05) is 12.1 Å². The summed E-state index contributed by atoms with van der Waals surface area (Å²) in [5.41, 5.74) is 0.917. The van der Waals surface area contributed by atoms with Gasteiger partial charge >= 0.3 is 0 Å². The van der Waals surface area contributed by atoms with Crippen molar-refractivity contribution in [3.05, 3.63) is 0 Å². The third-order valence-electron chi connectivity index (χ3n) is 4.58. The minimum Gasteiger partial charge on any atom is -0.245 e. The summed E-state index contributed by atoms with van der Waals surface area (Å²) in [5.74, 6) is 0.838. The Hall–Kier alpha value is 0.310. The van der Waals surface area contributed by atoms with Crippen LogP contribution in [0.15, 0.2) is 0 Å². The maximum atomic E-state index is 2.64. The van der Waals surface area contributed by atoms with Crippen molar-refractivity contribution in [2.45, 2.75) is 86.2 Å². The van der Waals surface area contributed by atoms with Crippen molar-refractivity contribution in [2.75, 3.05) is 6.26 Å². The van der Waals surface area contributed by atoms with E-state index < -0.39 is 0 Å². The Bertz CT molecular complexity index is 259. The Morgan fingerprint density at radius 1 is 0.789 bits per heavy atom. The van der Waals surface area contributed by atoms with Crippen molar-refractivity contribution in [2.24, 2.45) is 16.7 Å². The molecule has 1 nitrogen and oxygen atoms in total. The van der Waals surface area contributed by atoms with E-state index in [1.807, 2.05) is 11.9 Å². The van der Waals surface area contributed by atoms with E-state index in [1.54, 1.807) is 0 Å². The summed E-state index contributed by atoms with van der Waals surface area (Å²) in [6.07, 6.45) is 7.57. The van der Waals surface area contributed by atoms with Crippen LogP contribution in [-0.2, 0) is 0 Å². The second-order valence-corrected chi connectivity index (χ2v) is 9.28. The van der Waals surface area contributed by atoms with E-state index in [0.717, 1.165) is 5.92 Å². The van der Waals surface area contributed by atoms with Crippen LogP contribution >= 0.6 is 11.9 Å². The van der Waals surface area contributed by atoms with Gasteiger partial charge in [0.1, 0.15) is 0 Å². The number of nitrogens with zero attached hydrogens (tertiary/aromatic N) is 1. The van der Waals surface area contributed by atoms with Crippen LogP contribution in [0, 0.1) is 16.7 Å². The molecule has 0 aromatic heterocycles. The van der Waals surface area contributed by atoms with E-state index in [-0.39, 0.29) is 0 Å². The van der Waals surface area contributed by atoms with E-state index in [0.29, 0.717) is 22.9 Å². The van der Waals surface area contributed by atoms with Gasteiger partial charge in [0.15, 0.2) is 0 Å². The van der Waals surface area contributed by atoms with E-state index >= 15 is 0 Å². The van der Waals surface area contributed by atoms with Crippen molar-refractivity contribution >= 4 is 11.9 Å². The van der Waals surface area contributed by atoms with Gasteiger partial charge in [-0.05, 0) is 62.5 Å². The first-order chi connectivity index (χ1) is 8.56. The normalized spacial score (nSPS) is 36.9. The average Bonchev–Trinajstić information content (AvgIpc) is 2.11. The summed E-state index contributed by atoms with van der Waals surface area (Å²) in [7, 11) is 0. The van der Waals surface area contributed by atoms with Gasteiger partial charge in [0.25, 0.3) is 0 Å². The monoisotopic (exact) mass is 285 g/mol. The summed E-state index contributed by atoms with van der Waals surface area (Å²) >= 11 is 1.94. The lowest BCUT2D eigenvalue weighted by molar-refractivity contribution is 0.110. The highest BCUT2D eigenvalue weighted by Crippen LogP contribution is 2.42. The van der Waals surface area contributed by atoms with Crippen LogP contribution in [0.5, 0.6) is 0 Å². The highest BCUT2D eigenvalue weighted by atomic mass is 32.2. The van der Waals surface area contributed by atoms with Crippen LogP contribution in [0.2, 0.25) is 0 Å². The largest absolute Gasteiger partial charge is 0.245 e. The third kappa shape index (κ3) is 5.30. The van der Waals surface area contributed by atoms with Crippen molar-refractivity contribution < 1.29 is 0 Å². The first-order valence-corrected chi connectivity index (χ1v) is 9.07. The highest BCUT2D eigenvalue weighted by molar-refractivity contribution is 7.96. The van der Waals surface area contributed by atoms with E-state index in [2.05, 4.69) is 59.0 Å². The molecule has 1 aliphatic heterocycles. The van der Waals surface area contributed by atoms with Gasteiger partial charge in [-0.25, -0.2) is 4.31 Å². The minimum absolute atomic E-state index is 0.458. The molecular formula is C17H35NS. The van der Waals surface area contributed by atoms with Crippen LogP contribution in [0.25, 0.3) is 0 Å². The Labute approximate surface area is 126 Å². The Morgan fingerprint density at radius 2 is 1.16 bits per heavy atom. The average molecular weight is 286 g/mol. The molecule has 0 aromatic carbocycles. The van der Waals surface area contributed by atoms with Crippen LogP contribution < -0.4 is 0 Å². The van der Waals surface area contributed by atoms with E-state index in [1.165, 1.54) is 25.7 Å². The molecule has 1 aliphatic rings. The molecular weight excluding hydrogens is 250 g/mol. The number of hydrogen-bond acceptors (Lipinski definition) is 2. The van der Waals surface area contributed by atoms with Gasteiger partial charge in [-0.1, -0.05) is 46.6 Å². The summed E-state index contributed by atoms with van der Waals surface area (Å²) in [6.45, 7) is 17.1. The zero-order valence-electron chi connectivity index (χ0n) is 14.4. The molecule has 0 spiro atoms. The van der Waals surface area contributed by atoms with Gasteiger partial charge in [-0.15, -0.1) is 0 Å². The molecule has 0 aliphatic carbocycles. The molecule has 1 heterocycles. The molecule has 0 saturated carbocycles. The molecule has 0 N–H and O–H groups in total. The molecule has 1 saturated heterocycles. The van der Waals surface area contributed by atoms with Crippen LogP contribution in [0.4, 0.5) is 0 Å². The van der Waals surface area contributed by atoms with Crippen LogP contribution in [-0.4, -0.2) is 22.6 Å². The predicted molar refractivity (Wildman–Crippen MR) is 89.5 cm³/mol. The Kier molecular flexibility index (Phi) is 5.84. The van der Waals surface area contributed by atoms with E-state index in [9.17, 15) is 0 Å². The van der Waals surface area contributed by atoms with Crippen LogP contribution in [0.1, 0.15) is 74.1 Å². The molecule has 2 atom stereocenters. The minimum atomic E-state index is 0.458. The smallest absolute Gasteiger partial charge is 0.0182 e. The van der Waals surface area contributed by atoms with Gasteiger partial charge in [-0.2, -0.15) is 0 Å². The summed E-state index contributed by atoms with van der Waals surface area (Å²) in [6, 6.07) is 1.34. The molecule has 0 amide bonds. The first kappa shape index (κ1) is 17.4. The van der Waals surface area contributed by atoms with Crippen molar-refractivity contribution in [3.63, 3.8) is 0 Å². The zero-order valence-corrected chi connectivity index (χ0v) is 15.2. The van der Waals surface area contributed by atoms with Gasteiger partial charge in [0.2, 0.25) is 0 Å². The fourth-order valence-electron chi connectivity index (χ4n) is 4.70. The van der Waals surface area contributed by atoms with Crippen molar-refractivity contribution in [1.29, 1.82) is 0 Å². The second-order valence-electron chi connectivity index (χ2n) is 8.49. The van der Waals surface area contributed by atoms with Gasteiger partial charge < -0.3 is 0 Å². The Balaban J connectivity index is 2.96. The maximum absolute atomic E-state index is 2.64. The molecule has 1 rings (SSSR count). The molecule has 2 heteroatoms. The number of hydrogen-bond donors (Lipinski definition) is 0. The highest BCUT2D eigenvalue weighted by Gasteiger charge is 2.34. The van der Waals surface area contributed by atoms with Gasteiger partial charge in [-0.3, -0.25) is 0 Å². The number of rotatable bonds is 1. The molecule has 114 valence electrons. The SMILES string of the molecule is CSN1C(C)CC(C)(C)CC(C)CC(C)(C)CC1C. The fraction of sp³-hybridized carbons (Fsp3) is 1.00. The standard InChI is InChI=1S/C17H35NS/c1-13-9-16(4,5)11-14(2)18(19-8)15(3)12-17(6,7)10-13/h13-15H,9-12H2,1-8H3. The molecule has 19 heavy (non-hydrogen) atoms. The Morgan fingerprint density at radius 3 is 1.47 bits per heavy atom. The lowest BCUT2D eigenvalue weighted by Crippen LogP contribution is -2.41.